The zero-order valence-electron chi connectivity index (χ0n) is 17.7. The van der Waals surface area contributed by atoms with Crippen LogP contribution in [0.5, 0.6) is 0 Å². The van der Waals surface area contributed by atoms with Crippen LogP contribution < -0.4 is 10.2 Å². The van der Waals surface area contributed by atoms with Crippen molar-refractivity contribution < 1.29 is 4.42 Å². The summed E-state index contributed by atoms with van der Waals surface area (Å²) in [4.78, 5) is 14.7. The summed E-state index contributed by atoms with van der Waals surface area (Å²) in [5.74, 6) is 1.59. The molecule has 3 heterocycles. The van der Waals surface area contributed by atoms with Gasteiger partial charge in [0.25, 0.3) is 0 Å². The fourth-order valence-corrected chi connectivity index (χ4v) is 4.12. The van der Waals surface area contributed by atoms with Crippen molar-refractivity contribution >= 4 is 40.0 Å². The second-order valence-electron chi connectivity index (χ2n) is 7.63. The quantitative estimate of drug-likeness (QED) is 0.541. The summed E-state index contributed by atoms with van der Waals surface area (Å²) in [6, 6.07) is 8.60. The SMILES string of the molecule is CCCCc1cnc(/C=C/c2cnc(Nc3ccc(N4CCN(C)CC4)cc3)s2)o1. The van der Waals surface area contributed by atoms with Crippen molar-refractivity contribution in [3.05, 3.63) is 53.2 Å². The number of oxazole rings is 1. The smallest absolute Gasteiger partial charge is 0.218 e. The van der Waals surface area contributed by atoms with E-state index in [0.717, 1.165) is 66.9 Å². The number of anilines is 3. The van der Waals surface area contributed by atoms with Crippen LogP contribution in [0.1, 0.15) is 36.3 Å². The van der Waals surface area contributed by atoms with Crippen LogP contribution >= 0.6 is 11.3 Å². The third-order valence-electron chi connectivity index (χ3n) is 5.25. The van der Waals surface area contributed by atoms with Gasteiger partial charge in [0.05, 0.1) is 6.20 Å². The molecule has 1 aliphatic rings. The largest absolute Gasteiger partial charge is 0.442 e. The number of nitrogens with zero attached hydrogens (tertiary/aromatic N) is 4. The van der Waals surface area contributed by atoms with Gasteiger partial charge in [-0.3, -0.25) is 0 Å². The molecule has 0 spiro atoms. The van der Waals surface area contributed by atoms with Crippen LogP contribution in [-0.2, 0) is 6.42 Å². The van der Waals surface area contributed by atoms with Crippen molar-refractivity contribution in [1.82, 2.24) is 14.9 Å². The summed E-state index contributed by atoms with van der Waals surface area (Å²) >= 11 is 1.61. The zero-order valence-corrected chi connectivity index (χ0v) is 18.5. The lowest BCUT2D eigenvalue weighted by atomic mass is 10.2. The van der Waals surface area contributed by atoms with E-state index in [-0.39, 0.29) is 0 Å². The lowest BCUT2D eigenvalue weighted by Crippen LogP contribution is -2.44. The lowest BCUT2D eigenvalue weighted by molar-refractivity contribution is 0.313. The monoisotopic (exact) mass is 423 g/mol. The van der Waals surface area contributed by atoms with Crippen molar-refractivity contribution in [2.75, 3.05) is 43.4 Å². The van der Waals surface area contributed by atoms with E-state index in [1.54, 1.807) is 11.3 Å². The Bertz CT molecular complexity index is 954. The number of unbranched alkanes of at least 4 members (excludes halogenated alkanes) is 1. The second-order valence-corrected chi connectivity index (χ2v) is 8.69. The second kappa shape index (κ2) is 9.91. The van der Waals surface area contributed by atoms with E-state index in [4.69, 9.17) is 4.42 Å². The van der Waals surface area contributed by atoms with Crippen molar-refractivity contribution in [2.45, 2.75) is 26.2 Å². The number of hydrogen-bond acceptors (Lipinski definition) is 7. The fourth-order valence-electron chi connectivity index (χ4n) is 3.38. The van der Waals surface area contributed by atoms with Crippen LogP contribution in [-0.4, -0.2) is 48.1 Å². The van der Waals surface area contributed by atoms with Crippen molar-refractivity contribution in [3.63, 3.8) is 0 Å². The first-order chi connectivity index (χ1) is 14.7. The van der Waals surface area contributed by atoms with Gasteiger partial charge in [-0.15, -0.1) is 0 Å². The van der Waals surface area contributed by atoms with Gasteiger partial charge in [-0.2, -0.15) is 0 Å². The molecule has 1 N–H and O–H groups in total. The van der Waals surface area contributed by atoms with E-state index in [0.29, 0.717) is 5.89 Å². The summed E-state index contributed by atoms with van der Waals surface area (Å²) in [5, 5.41) is 4.27. The Morgan fingerprint density at radius 1 is 1.07 bits per heavy atom. The zero-order chi connectivity index (χ0) is 20.8. The van der Waals surface area contributed by atoms with E-state index in [1.807, 2.05) is 24.5 Å². The molecule has 1 saturated heterocycles. The molecule has 0 unspecified atom stereocenters. The van der Waals surface area contributed by atoms with Crippen LogP contribution in [0, 0.1) is 0 Å². The highest BCUT2D eigenvalue weighted by atomic mass is 32.1. The van der Waals surface area contributed by atoms with Gasteiger partial charge in [0, 0.05) is 61.1 Å². The molecule has 30 heavy (non-hydrogen) atoms. The van der Waals surface area contributed by atoms with Crippen LogP contribution in [0.15, 0.2) is 41.1 Å². The molecule has 4 rings (SSSR count). The Morgan fingerprint density at radius 3 is 2.63 bits per heavy atom. The van der Waals surface area contributed by atoms with Crippen molar-refractivity contribution in [1.29, 1.82) is 0 Å². The van der Waals surface area contributed by atoms with Crippen LogP contribution in [0.4, 0.5) is 16.5 Å². The molecule has 3 aromatic rings. The van der Waals surface area contributed by atoms with Gasteiger partial charge in [0.15, 0.2) is 5.13 Å². The van der Waals surface area contributed by atoms with E-state index < -0.39 is 0 Å². The van der Waals surface area contributed by atoms with E-state index in [9.17, 15) is 0 Å². The average Bonchev–Trinajstić information content (AvgIpc) is 3.41. The van der Waals surface area contributed by atoms with Gasteiger partial charge in [-0.25, -0.2) is 9.97 Å². The van der Waals surface area contributed by atoms with E-state index >= 15 is 0 Å². The molecule has 0 bridgehead atoms. The number of aromatic nitrogens is 2. The first-order valence-corrected chi connectivity index (χ1v) is 11.4. The molecule has 158 valence electrons. The van der Waals surface area contributed by atoms with Gasteiger partial charge in [0.1, 0.15) is 5.76 Å². The average molecular weight is 424 g/mol. The molecule has 1 aromatic carbocycles. The number of hydrogen-bond donors (Lipinski definition) is 1. The Kier molecular flexibility index (Phi) is 6.81. The molecular formula is C23H29N5OS. The molecule has 0 radical (unpaired) electrons. The van der Waals surface area contributed by atoms with Gasteiger partial charge in [-0.05, 0) is 43.8 Å². The highest BCUT2D eigenvalue weighted by Gasteiger charge is 2.14. The third kappa shape index (κ3) is 5.49. The number of thiazole rings is 1. The molecule has 2 aromatic heterocycles. The van der Waals surface area contributed by atoms with Crippen molar-refractivity contribution in [2.24, 2.45) is 0 Å². The Balaban J connectivity index is 1.32. The molecule has 6 nitrogen and oxygen atoms in total. The van der Waals surface area contributed by atoms with E-state index in [2.05, 4.69) is 63.3 Å². The predicted molar refractivity (Wildman–Crippen MR) is 126 cm³/mol. The Labute approximate surface area is 182 Å². The third-order valence-corrected chi connectivity index (χ3v) is 6.13. The first-order valence-electron chi connectivity index (χ1n) is 10.6. The van der Waals surface area contributed by atoms with Gasteiger partial charge < -0.3 is 19.5 Å². The normalized spacial score (nSPS) is 15.2. The number of benzene rings is 1. The minimum absolute atomic E-state index is 0.642. The summed E-state index contributed by atoms with van der Waals surface area (Å²) < 4.78 is 5.74. The molecule has 0 saturated carbocycles. The minimum atomic E-state index is 0.642. The van der Waals surface area contributed by atoms with Gasteiger partial charge in [-0.1, -0.05) is 24.7 Å². The topological polar surface area (TPSA) is 57.4 Å². The molecule has 0 amide bonds. The minimum Gasteiger partial charge on any atom is -0.442 e. The fraction of sp³-hybridized carbons (Fsp3) is 0.391. The van der Waals surface area contributed by atoms with Crippen molar-refractivity contribution in [3.8, 4) is 0 Å². The van der Waals surface area contributed by atoms with Gasteiger partial charge in [0.2, 0.25) is 5.89 Å². The number of rotatable bonds is 8. The number of piperazine rings is 1. The van der Waals surface area contributed by atoms with Crippen LogP contribution in [0.25, 0.3) is 12.2 Å². The molecule has 0 atom stereocenters. The summed E-state index contributed by atoms with van der Waals surface area (Å²) in [6.45, 7) is 6.56. The van der Waals surface area contributed by atoms with Crippen LogP contribution in [0.2, 0.25) is 0 Å². The summed E-state index contributed by atoms with van der Waals surface area (Å²) in [5.41, 5.74) is 2.33. The molecular weight excluding hydrogens is 394 g/mol. The standard InChI is InChI=1S/C23H29N5OS/c1-3-4-5-20-16-24-22(29-20)11-10-21-17-25-23(30-21)26-18-6-8-19(9-7-18)28-14-12-27(2)13-15-28/h6-11,16-17H,3-5,12-15H2,1-2H3,(H,25,26)/b11-10+. The molecule has 1 fully saturated rings. The van der Waals surface area contributed by atoms with Crippen LogP contribution in [0.3, 0.4) is 0 Å². The molecule has 0 aliphatic carbocycles. The van der Waals surface area contributed by atoms with E-state index in [1.165, 1.54) is 5.69 Å². The number of aryl methyl sites for hydroxylation is 1. The molecule has 7 heteroatoms. The summed E-state index contributed by atoms with van der Waals surface area (Å²) in [6.07, 6.45) is 10.8. The maximum absolute atomic E-state index is 5.74. The number of nitrogens with one attached hydrogen (secondary N) is 1. The first kappa shape index (κ1) is 20.6. The lowest BCUT2D eigenvalue weighted by Gasteiger charge is -2.34. The Morgan fingerprint density at radius 2 is 1.87 bits per heavy atom. The van der Waals surface area contributed by atoms with Gasteiger partial charge >= 0.3 is 0 Å². The maximum atomic E-state index is 5.74. The summed E-state index contributed by atoms with van der Waals surface area (Å²) in [7, 11) is 2.18. The maximum Gasteiger partial charge on any atom is 0.218 e. The highest BCUT2D eigenvalue weighted by Crippen LogP contribution is 2.26. The highest BCUT2D eigenvalue weighted by molar-refractivity contribution is 7.16. The predicted octanol–water partition coefficient (Wildman–Crippen LogP) is 5.14. The molecule has 1 aliphatic heterocycles. The Hall–Kier alpha value is -2.64. The number of likely N-dealkylation sites (N-methyl/N-ethyl adjacent to an activating group) is 1.